The van der Waals surface area contributed by atoms with E-state index in [2.05, 4.69) is 62.5 Å². The normalized spacial score (nSPS) is 14.0. The maximum Gasteiger partial charge on any atom is 0.475 e. The number of hydrogen-bond acceptors (Lipinski definition) is 24. The molecular formula is C84H112B4N12O20. The molecule has 8 amide bonds. The quantitative estimate of drug-likeness (QED) is 0.0251. The molecule has 12 atom stereocenters. The van der Waals surface area contributed by atoms with Crippen molar-refractivity contribution in [3.63, 3.8) is 0 Å². The first-order valence-electron chi connectivity index (χ1n) is 39.5. The van der Waals surface area contributed by atoms with E-state index in [1.165, 1.54) is 52.0 Å². The second-order valence-electron chi connectivity index (χ2n) is 30.5. The molecule has 0 aliphatic rings. The highest BCUT2D eigenvalue weighted by molar-refractivity contribution is 6.45. The number of pyridine rings is 4. The van der Waals surface area contributed by atoms with Crippen molar-refractivity contribution < 1.29 is 99.0 Å². The molecule has 0 saturated heterocycles. The lowest BCUT2D eigenvalue weighted by molar-refractivity contribution is -0.126. The lowest BCUT2D eigenvalue weighted by Crippen LogP contribution is -2.57. The number of carbonyl (C=O) groups excluding carboxylic acids is 8. The van der Waals surface area contributed by atoms with Crippen LogP contribution in [0.25, 0.3) is 45.0 Å². The Balaban J connectivity index is 0.000000285. The number of amides is 8. The van der Waals surface area contributed by atoms with Gasteiger partial charge in [-0.25, -0.2) is 19.9 Å². The Hall–Kier alpha value is -11.0. The van der Waals surface area contributed by atoms with Crippen LogP contribution in [0.2, 0.25) is 0 Å². The van der Waals surface area contributed by atoms with Gasteiger partial charge in [0.25, 0.3) is 23.6 Å². The van der Waals surface area contributed by atoms with Gasteiger partial charge in [-0.15, -0.1) is 0 Å². The average Bonchev–Trinajstić information content (AvgIpc) is 0.846. The Bertz CT molecular complexity index is 3950. The minimum Gasteiger partial charge on any atom is -0.426 e. The third-order valence-electron chi connectivity index (χ3n) is 18.1. The molecule has 4 heterocycles. The fraction of sp³-hybridized carbons (Fsp3) is 0.381. The first-order chi connectivity index (χ1) is 56.7. The highest BCUT2D eigenvalue weighted by atomic mass is 16.4. The van der Waals surface area contributed by atoms with Gasteiger partial charge in [0.15, 0.2) is 0 Å². The minimum absolute atomic E-state index is 0.0933. The number of aliphatic hydroxyl groups is 4. The van der Waals surface area contributed by atoms with E-state index in [0.717, 1.165) is 22.3 Å². The number of aliphatic hydroxyl groups excluding tert-OH is 4. The van der Waals surface area contributed by atoms with Crippen LogP contribution in [-0.4, -0.2) is 229 Å². The Morgan fingerprint density at radius 3 is 0.558 bits per heavy atom. The third-order valence-corrected chi connectivity index (χ3v) is 18.1. The molecule has 0 aliphatic heterocycles. The number of benzene rings is 4. The summed E-state index contributed by atoms with van der Waals surface area (Å²) in [7, 11) is -7.03. The fourth-order valence-corrected chi connectivity index (χ4v) is 11.9. The van der Waals surface area contributed by atoms with E-state index in [0.29, 0.717) is 48.5 Å². The zero-order valence-corrected chi connectivity index (χ0v) is 69.3. The van der Waals surface area contributed by atoms with Crippen molar-refractivity contribution in [3.05, 3.63) is 217 Å². The van der Waals surface area contributed by atoms with Crippen molar-refractivity contribution in [2.75, 3.05) is 0 Å². The molecule has 0 bridgehead atoms. The molecule has 0 saturated carbocycles. The van der Waals surface area contributed by atoms with Crippen molar-refractivity contribution in [1.29, 1.82) is 0 Å². The third kappa shape index (κ3) is 33.7. The fourth-order valence-electron chi connectivity index (χ4n) is 11.9. The van der Waals surface area contributed by atoms with Crippen molar-refractivity contribution in [3.8, 4) is 45.0 Å². The topological polar surface area (TPSA) is 527 Å². The maximum atomic E-state index is 12.7. The van der Waals surface area contributed by atoms with Crippen LogP contribution >= 0.6 is 0 Å². The first-order valence-corrected chi connectivity index (χ1v) is 39.5. The smallest absolute Gasteiger partial charge is 0.426 e. The molecule has 0 radical (unpaired) electrons. The Kier molecular flexibility index (Phi) is 41.6. The number of aromatic nitrogens is 4. The largest absolute Gasteiger partial charge is 0.475 e. The molecule has 8 rings (SSSR count). The van der Waals surface area contributed by atoms with Crippen molar-refractivity contribution >= 4 is 75.7 Å². The molecule has 8 aromatic rings. The van der Waals surface area contributed by atoms with Gasteiger partial charge >= 0.3 is 28.5 Å². The zero-order valence-electron chi connectivity index (χ0n) is 69.3. The van der Waals surface area contributed by atoms with E-state index in [1.807, 2.05) is 177 Å². The van der Waals surface area contributed by atoms with Gasteiger partial charge in [0.2, 0.25) is 23.6 Å². The maximum absolute atomic E-state index is 12.7. The van der Waals surface area contributed by atoms with Gasteiger partial charge in [-0.05, 0) is 126 Å². The summed E-state index contributed by atoms with van der Waals surface area (Å²) in [5.74, 6) is -8.64. The summed E-state index contributed by atoms with van der Waals surface area (Å²) in [4.78, 5) is 119. The van der Waals surface area contributed by atoms with Gasteiger partial charge in [0.05, 0.1) is 71.0 Å². The van der Waals surface area contributed by atoms with Crippen molar-refractivity contribution in [1.82, 2.24) is 62.5 Å². The number of rotatable bonds is 36. The van der Waals surface area contributed by atoms with E-state index < -0.39 is 148 Å². The summed E-state index contributed by atoms with van der Waals surface area (Å²) in [6.07, 6.45) is -3.53. The summed E-state index contributed by atoms with van der Waals surface area (Å²) >= 11 is 0. The summed E-state index contributed by atoms with van der Waals surface area (Å²) in [6.45, 7) is 20.5. The van der Waals surface area contributed by atoms with E-state index in [4.69, 9.17) is 0 Å². The minimum atomic E-state index is -1.76. The molecule has 32 nitrogen and oxygen atoms in total. The Labute approximate surface area is 700 Å². The standard InChI is InChI=1S/4C21H28BN3O5/c4*1-13(2)12-18(22(29)30)24-21(28)19(14(3)26)25-20(27)17-11-7-10-16(23-17)15-8-5-4-6-9-15/h4*4-11,13-14,18-19,26,29-30H,12H2,1-3H3,(H,24,28)(H,25,27)/t4*14-,18+,19+/m1111/s1. The Morgan fingerprint density at radius 1 is 0.250 bits per heavy atom. The predicted octanol–water partition coefficient (Wildman–Crippen LogP) is 3.08. The number of nitrogens with zero attached hydrogens (tertiary/aromatic N) is 4. The van der Waals surface area contributed by atoms with E-state index in [9.17, 15) is 99.0 Å². The van der Waals surface area contributed by atoms with Crippen LogP contribution in [-0.2, 0) is 19.2 Å². The number of carbonyl (C=O) groups is 8. The summed E-state index contributed by atoms with van der Waals surface area (Å²) in [5.41, 5.74) is 6.12. The molecule has 4 aromatic heterocycles. The van der Waals surface area contributed by atoms with Crippen LogP contribution in [0, 0.1) is 23.7 Å². The van der Waals surface area contributed by atoms with Gasteiger partial charge in [0, 0.05) is 22.3 Å². The summed E-state index contributed by atoms with van der Waals surface area (Å²) in [5, 5.41) is 136. The van der Waals surface area contributed by atoms with Crippen molar-refractivity contribution in [2.24, 2.45) is 23.7 Å². The molecular weight excluding hydrogens is 1540 g/mol. The second-order valence-corrected chi connectivity index (χ2v) is 30.5. The zero-order chi connectivity index (χ0) is 89.0. The van der Waals surface area contributed by atoms with Gasteiger partial charge < -0.3 is 103 Å². The molecule has 640 valence electrons. The first kappa shape index (κ1) is 99.6. The van der Waals surface area contributed by atoms with Crippen LogP contribution in [0.15, 0.2) is 194 Å². The highest BCUT2D eigenvalue weighted by Gasteiger charge is 2.37. The van der Waals surface area contributed by atoms with Crippen LogP contribution in [0.5, 0.6) is 0 Å². The Morgan fingerprint density at radius 2 is 0.417 bits per heavy atom. The molecule has 4 aromatic carbocycles. The van der Waals surface area contributed by atoms with Crippen LogP contribution in [0.3, 0.4) is 0 Å². The lowest BCUT2D eigenvalue weighted by Gasteiger charge is -2.25. The number of hydrogen-bond donors (Lipinski definition) is 20. The van der Waals surface area contributed by atoms with E-state index in [1.54, 1.807) is 48.5 Å². The van der Waals surface area contributed by atoms with Crippen molar-refractivity contribution in [2.45, 2.75) is 181 Å². The van der Waals surface area contributed by atoms with Gasteiger partial charge in [0.1, 0.15) is 46.9 Å². The molecule has 120 heavy (non-hydrogen) atoms. The molecule has 0 aliphatic carbocycles. The molecule has 36 heteroatoms. The van der Waals surface area contributed by atoms with Crippen LogP contribution < -0.4 is 42.5 Å². The summed E-state index contributed by atoms with van der Waals surface area (Å²) in [6, 6.07) is 52.0. The lowest BCUT2D eigenvalue weighted by atomic mass is 9.75. The van der Waals surface area contributed by atoms with E-state index in [-0.39, 0.29) is 46.4 Å². The van der Waals surface area contributed by atoms with Crippen LogP contribution in [0.4, 0.5) is 0 Å². The van der Waals surface area contributed by atoms with E-state index >= 15 is 0 Å². The van der Waals surface area contributed by atoms with Gasteiger partial charge in [-0.2, -0.15) is 0 Å². The predicted molar refractivity (Wildman–Crippen MR) is 457 cm³/mol. The molecule has 0 fully saturated rings. The molecule has 20 N–H and O–H groups in total. The second kappa shape index (κ2) is 50.2. The molecule has 0 unspecified atom stereocenters. The highest BCUT2D eigenvalue weighted by Crippen LogP contribution is 2.22. The SMILES string of the molecule is CC(C)C[C@H](NC(=O)[C@@H](NC(=O)c1cccc(-c2ccccc2)n1)[C@@H](C)O)B(O)O.CC(C)C[C@H](NC(=O)[C@@H](NC(=O)c1cccc(-c2ccccc2)n1)[C@@H](C)O)B(O)O.CC(C)C[C@H](NC(=O)[C@@H](NC(=O)c1cccc(-c2ccccc2)n1)[C@@H](C)O)B(O)O.CC(C)C[C@H](NC(=O)[C@@H](NC(=O)c1cccc(-c2ccccc2)n1)[C@@H](C)O)B(O)O. The number of nitrogens with one attached hydrogen (secondary N) is 8. The monoisotopic (exact) mass is 1650 g/mol. The molecule has 0 spiro atoms. The average molecular weight is 1650 g/mol. The van der Waals surface area contributed by atoms with Crippen LogP contribution in [0.1, 0.15) is 151 Å². The summed E-state index contributed by atoms with van der Waals surface area (Å²) < 4.78 is 0. The van der Waals surface area contributed by atoms with Gasteiger partial charge in [-0.3, -0.25) is 38.4 Å². The van der Waals surface area contributed by atoms with Gasteiger partial charge in [-0.1, -0.05) is 201 Å².